The third kappa shape index (κ3) is 5.88. The Balaban J connectivity index is 1.76. The minimum Gasteiger partial charge on any atom is -0.497 e. The summed E-state index contributed by atoms with van der Waals surface area (Å²) < 4.78 is 35.5. The molecule has 0 amide bonds. The first-order valence-corrected chi connectivity index (χ1v) is 13.2. The van der Waals surface area contributed by atoms with Crippen molar-refractivity contribution in [2.75, 3.05) is 7.11 Å². The fourth-order valence-corrected chi connectivity index (χ4v) is 5.91. The Bertz CT molecular complexity index is 1520. The Labute approximate surface area is 212 Å². The number of methoxy groups -OCH3 is 1. The SMILES string of the molecule is COc1ccc2nc([C@H](Cc3ccccc3/C(N)=N/OC(C)=O)NS(=O)(=O)c3ccccc3)sc2c1. The fourth-order valence-electron chi connectivity index (χ4n) is 3.56. The van der Waals surface area contributed by atoms with E-state index in [1.807, 2.05) is 24.3 Å². The molecule has 4 rings (SSSR count). The minimum atomic E-state index is -3.87. The molecule has 0 spiro atoms. The molecule has 0 bridgehead atoms. The van der Waals surface area contributed by atoms with Crippen LogP contribution in [0, 0.1) is 0 Å². The lowest BCUT2D eigenvalue weighted by Crippen LogP contribution is -2.30. The van der Waals surface area contributed by atoms with E-state index in [1.165, 1.54) is 30.4 Å². The van der Waals surface area contributed by atoms with Crippen LogP contribution in [0.4, 0.5) is 0 Å². The van der Waals surface area contributed by atoms with E-state index in [0.717, 1.165) is 10.2 Å². The second kappa shape index (κ2) is 10.9. The van der Waals surface area contributed by atoms with Crippen LogP contribution in [0.5, 0.6) is 5.75 Å². The van der Waals surface area contributed by atoms with Crippen LogP contribution in [0.2, 0.25) is 0 Å². The molecule has 36 heavy (non-hydrogen) atoms. The van der Waals surface area contributed by atoms with Gasteiger partial charge in [-0.05, 0) is 42.3 Å². The van der Waals surface area contributed by atoms with Gasteiger partial charge in [0, 0.05) is 12.5 Å². The van der Waals surface area contributed by atoms with Gasteiger partial charge in [-0.25, -0.2) is 22.9 Å². The van der Waals surface area contributed by atoms with Crippen molar-refractivity contribution in [3.05, 3.63) is 88.9 Å². The summed E-state index contributed by atoms with van der Waals surface area (Å²) in [5, 5.41) is 4.26. The number of benzene rings is 3. The van der Waals surface area contributed by atoms with Crippen molar-refractivity contribution in [2.45, 2.75) is 24.3 Å². The summed E-state index contributed by atoms with van der Waals surface area (Å²) in [5.74, 6) is 0.0762. The summed E-state index contributed by atoms with van der Waals surface area (Å²) in [6, 6.07) is 20.0. The first-order chi connectivity index (χ1) is 17.3. The number of nitrogens with zero attached hydrogens (tertiary/aromatic N) is 2. The van der Waals surface area contributed by atoms with Gasteiger partial charge in [-0.1, -0.05) is 47.6 Å². The van der Waals surface area contributed by atoms with E-state index in [9.17, 15) is 13.2 Å². The number of carbonyl (C=O) groups excluding carboxylic acids is 1. The minimum absolute atomic E-state index is 0.000460. The summed E-state index contributed by atoms with van der Waals surface area (Å²) in [7, 11) is -2.29. The van der Waals surface area contributed by atoms with Crippen molar-refractivity contribution < 1.29 is 22.8 Å². The molecule has 11 heteroatoms. The zero-order valence-corrected chi connectivity index (χ0v) is 21.2. The standard InChI is InChI=1S/C25H24N4O5S2/c1-16(30)34-28-24(26)20-11-7-6-8-17(20)14-22(29-36(31,32)19-9-4-3-5-10-19)25-27-21-13-12-18(33-2)15-23(21)35-25/h3-13,15,22,29H,14H2,1-2H3,(H2,26,28)/t22-/m0/s1. The fraction of sp³-hybridized carbons (Fsp3) is 0.160. The summed E-state index contributed by atoms with van der Waals surface area (Å²) in [6.45, 7) is 1.22. The van der Waals surface area contributed by atoms with Crippen LogP contribution in [0.15, 0.2) is 82.8 Å². The van der Waals surface area contributed by atoms with Crippen LogP contribution in [-0.2, 0) is 26.1 Å². The predicted molar refractivity (Wildman–Crippen MR) is 138 cm³/mol. The monoisotopic (exact) mass is 524 g/mol. The molecule has 0 aliphatic heterocycles. The summed E-state index contributed by atoms with van der Waals surface area (Å²) >= 11 is 1.37. The first-order valence-electron chi connectivity index (χ1n) is 10.9. The molecule has 0 saturated carbocycles. The molecule has 0 aliphatic rings. The van der Waals surface area contributed by atoms with E-state index >= 15 is 0 Å². The van der Waals surface area contributed by atoms with Crippen LogP contribution in [0.1, 0.15) is 29.1 Å². The van der Waals surface area contributed by atoms with Gasteiger partial charge < -0.3 is 15.3 Å². The summed E-state index contributed by atoms with van der Waals surface area (Å²) in [4.78, 5) is 20.7. The smallest absolute Gasteiger partial charge is 0.332 e. The van der Waals surface area contributed by atoms with E-state index in [1.54, 1.807) is 43.5 Å². The molecule has 0 radical (unpaired) electrons. The van der Waals surface area contributed by atoms with Crippen molar-refractivity contribution >= 4 is 43.4 Å². The van der Waals surface area contributed by atoms with Crippen molar-refractivity contribution in [2.24, 2.45) is 10.9 Å². The highest BCUT2D eigenvalue weighted by Crippen LogP contribution is 2.32. The molecule has 0 saturated heterocycles. The number of hydrogen-bond donors (Lipinski definition) is 2. The van der Waals surface area contributed by atoms with E-state index < -0.39 is 22.0 Å². The van der Waals surface area contributed by atoms with Crippen molar-refractivity contribution in [1.29, 1.82) is 0 Å². The second-order valence-corrected chi connectivity index (χ2v) is 10.6. The van der Waals surface area contributed by atoms with Crippen molar-refractivity contribution in [3.8, 4) is 5.75 Å². The van der Waals surface area contributed by atoms with Gasteiger partial charge in [0.15, 0.2) is 5.84 Å². The Morgan fingerprint density at radius 2 is 1.83 bits per heavy atom. The molecule has 1 heterocycles. The van der Waals surface area contributed by atoms with Gasteiger partial charge >= 0.3 is 5.97 Å². The number of rotatable bonds is 9. The number of fused-ring (bicyclic) bond motifs is 1. The Kier molecular flexibility index (Phi) is 7.63. The maximum atomic E-state index is 13.3. The number of ether oxygens (including phenoxy) is 1. The number of hydrogen-bond acceptors (Lipinski definition) is 8. The molecule has 3 N–H and O–H groups in total. The number of aromatic nitrogens is 1. The Morgan fingerprint density at radius 3 is 2.56 bits per heavy atom. The normalized spacial score (nSPS) is 12.9. The highest BCUT2D eigenvalue weighted by atomic mass is 32.2. The molecular weight excluding hydrogens is 500 g/mol. The molecular formula is C25H24N4O5S2. The Hall–Kier alpha value is -3.80. The number of carbonyl (C=O) groups is 1. The van der Waals surface area contributed by atoms with Gasteiger partial charge in [-0.15, -0.1) is 11.3 Å². The van der Waals surface area contributed by atoms with Crippen molar-refractivity contribution in [1.82, 2.24) is 9.71 Å². The van der Waals surface area contributed by atoms with E-state index in [-0.39, 0.29) is 17.2 Å². The first kappa shape index (κ1) is 25.3. The van der Waals surface area contributed by atoms with Crippen LogP contribution in [0.25, 0.3) is 10.2 Å². The third-order valence-corrected chi connectivity index (χ3v) is 7.87. The lowest BCUT2D eigenvalue weighted by molar-refractivity contribution is -0.140. The van der Waals surface area contributed by atoms with E-state index in [4.69, 9.17) is 20.3 Å². The largest absolute Gasteiger partial charge is 0.497 e. The van der Waals surface area contributed by atoms with Gasteiger partial charge in [-0.3, -0.25) is 0 Å². The molecule has 3 aromatic carbocycles. The van der Waals surface area contributed by atoms with Crippen LogP contribution in [0.3, 0.4) is 0 Å². The van der Waals surface area contributed by atoms with E-state index in [0.29, 0.717) is 21.9 Å². The summed E-state index contributed by atoms with van der Waals surface area (Å²) in [6.07, 6.45) is 0.218. The number of sulfonamides is 1. The molecule has 0 unspecified atom stereocenters. The maximum Gasteiger partial charge on any atom is 0.332 e. The lowest BCUT2D eigenvalue weighted by Gasteiger charge is -2.18. The molecule has 1 atom stereocenters. The van der Waals surface area contributed by atoms with E-state index in [2.05, 4.69) is 9.88 Å². The predicted octanol–water partition coefficient (Wildman–Crippen LogP) is 3.75. The maximum absolute atomic E-state index is 13.3. The quantitative estimate of drug-likeness (QED) is 0.147. The molecule has 9 nitrogen and oxygen atoms in total. The Morgan fingerprint density at radius 1 is 1.11 bits per heavy atom. The van der Waals surface area contributed by atoms with Gasteiger partial charge in [0.1, 0.15) is 10.8 Å². The molecule has 186 valence electrons. The molecule has 1 aromatic heterocycles. The number of nitrogens with one attached hydrogen (secondary N) is 1. The zero-order chi connectivity index (χ0) is 25.7. The average molecular weight is 525 g/mol. The third-order valence-electron chi connectivity index (χ3n) is 5.25. The summed E-state index contributed by atoms with van der Waals surface area (Å²) in [5.41, 5.74) is 8.02. The molecule has 0 fully saturated rings. The van der Waals surface area contributed by atoms with Crippen LogP contribution < -0.4 is 15.2 Å². The van der Waals surface area contributed by atoms with Gasteiger partial charge in [0.05, 0.1) is 28.3 Å². The molecule has 0 aliphatic carbocycles. The second-order valence-electron chi connectivity index (χ2n) is 7.79. The lowest BCUT2D eigenvalue weighted by atomic mass is 10.00. The average Bonchev–Trinajstić information content (AvgIpc) is 3.31. The number of nitrogens with two attached hydrogens (primary N) is 1. The van der Waals surface area contributed by atoms with Gasteiger partial charge in [-0.2, -0.15) is 0 Å². The molecule has 4 aromatic rings. The number of thiazole rings is 1. The number of amidine groups is 1. The van der Waals surface area contributed by atoms with Crippen LogP contribution >= 0.6 is 11.3 Å². The van der Waals surface area contributed by atoms with Crippen molar-refractivity contribution in [3.63, 3.8) is 0 Å². The van der Waals surface area contributed by atoms with Gasteiger partial charge in [0.2, 0.25) is 10.0 Å². The number of oxime groups is 1. The zero-order valence-electron chi connectivity index (χ0n) is 19.5. The van der Waals surface area contributed by atoms with Crippen LogP contribution in [-0.4, -0.2) is 32.3 Å². The highest BCUT2D eigenvalue weighted by molar-refractivity contribution is 7.89. The highest BCUT2D eigenvalue weighted by Gasteiger charge is 2.26. The van der Waals surface area contributed by atoms with Gasteiger partial charge in [0.25, 0.3) is 0 Å². The topological polar surface area (TPSA) is 133 Å².